The number of carbonyl (C=O) groups excluding carboxylic acids is 1. The zero-order valence-electron chi connectivity index (χ0n) is 17.5. The van der Waals surface area contributed by atoms with Gasteiger partial charge in [-0.1, -0.05) is 48.5 Å². The van der Waals surface area contributed by atoms with Crippen LogP contribution in [0.4, 0.5) is 0 Å². The van der Waals surface area contributed by atoms with Gasteiger partial charge in [0.2, 0.25) is 0 Å². The van der Waals surface area contributed by atoms with Crippen molar-refractivity contribution in [2.75, 3.05) is 6.54 Å². The minimum absolute atomic E-state index is 0.177. The minimum Gasteiger partial charge on any atom is -0.478 e. The number of carboxylic acids is 1. The molecule has 0 saturated heterocycles. The van der Waals surface area contributed by atoms with Gasteiger partial charge < -0.3 is 15.4 Å². The summed E-state index contributed by atoms with van der Waals surface area (Å²) in [5, 5.41) is 13.6. The van der Waals surface area contributed by atoms with Crippen LogP contribution in [-0.2, 0) is 6.42 Å². The molecule has 0 radical (unpaired) electrons. The first kappa shape index (κ1) is 20.4. The van der Waals surface area contributed by atoms with Crippen LogP contribution in [0.1, 0.15) is 37.5 Å². The molecule has 1 heterocycles. The Labute approximate surface area is 180 Å². The van der Waals surface area contributed by atoms with E-state index in [0.717, 1.165) is 17.6 Å². The number of para-hydroxylation sites is 1. The topological polar surface area (TPSA) is 82.2 Å². The van der Waals surface area contributed by atoms with E-state index in [1.165, 1.54) is 16.5 Å². The Balaban J connectivity index is 1.50. The number of fused-ring (bicyclic) bond motifs is 1. The first-order chi connectivity index (χ1) is 15.0. The quantitative estimate of drug-likeness (QED) is 0.411. The Morgan fingerprint density at radius 2 is 1.74 bits per heavy atom. The Morgan fingerprint density at radius 1 is 0.968 bits per heavy atom. The predicted octanol–water partition coefficient (Wildman–Crippen LogP) is 5.12. The van der Waals surface area contributed by atoms with E-state index in [1.54, 1.807) is 42.5 Å². The number of carbonyl (C=O) groups is 2. The van der Waals surface area contributed by atoms with Crippen molar-refractivity contribution in [1.29, 1.82) is 0 Å². The molecule has 4 rings (SSSR count). The van der Waals surface area contributed by atoms with Crippen LogP contribution in [0.3, 0.4) is 0 Å². The summed E-state index contributed by atoms with van der Waals surface area (Å²) in [5.41, 5.74) is 6.69. The molecule has 0 unspecified atom stereocenters. The summed E-state index contributed by atoms with van der Waals surface area (Å²) in [7, 11) is 0. The molecule has 1 aromatic heterocycles. The highest BCUT2D eigenvalue weighted by atomic mass is 16.4. The third-order valence-corrected chi connectivity index (χ3v) is 5.62. The first-order valence-corrected chi connectivity index (χ1v) is 10.2. The Kier molecular flexibility index (Phi) is 5.58. The maximum atomic E-state index is 12.7. The lowest BCUT2D eigenvalue weighted by Gasteiger charge is -2.09. The second kappa shape index (κ2) is 8.48. The first-order valence-electron chi connectivity index (χ1n) is 10.2. The maximum absolute atomic E-state index is 12.7. The highest BCUT2D eigenvalue weighted by Crippen LogP contribution is 2.26. The lowest BCUT2D eigenvalue weighted by Crippen LogP contribution is -2.25. The molecule has 5 nitrogen and oxygen atoms in total. The average molecular weight is 412 g/mol. The van der Waals surface area contributed by atoms with Gasteiger partial charge in [-0.2, -0.15) is 0 Å². The molecule has 0 spiro atoms. The van der Waals surface area contributed by atoms with Crippen LogP contribution in [0, 0.1) is 13.8 Å². The predicted molar refractivity (Wildman–Crippen MR) is 123 cm³/mol. The number of aromatic carboxylic acids is 1. The summed E-state index contributed by atoms with van der Waals surface area (Å²) < 4.78 is 0. The van der Waals surface area contributed by atoms with Gasteiger partial charge in [-0.3, -0.25) is 4.79 Å². The summed E-state index contributed by atoms with van der Waals surface area (Å²) in [5.74, 6) is -1.17. The molecule has 0 saturated carbocycles. The molecule has 3 N–H and O–H groups in total. The number of rotatable bonds is 6. The summed E-state index contributed by atoms with van der Waals surface area (Å²) >= 11 is 0. The molecule has 3 aromatic carbocycles. The van der Waals surface area contributed by atoms with Crippen LogP contribution < -0.4 is 5.32 Å². The number of H-pyrrole nitrogens is 1. The molecule has 0 aliphatic carbocycles. The van der Waals surface area contributed by atoms with Crippen molar-refractivity contribution >= 4 is 22.8 Å². The van der Waals surface area contributed by atoms with Crippen molar-refractivity contribution in [3.8, 4) is 11.1 Å². The molecule has 1 amide bonds. The van der Waals surface area contributed by atoms with Crippen molar-refractivity contribution in [1.82, 2.24) is 10.3 Å². The lowest BCUT2D eigenvalue weighted by molar-refractivity contribution is 0.0697. The molecular formula is C26H24N2O3. The van der Waals surface area contributed by atoms with Gasteiger partial charge in [-0.15, -0.1) is 0 Å². The van der Waals surface area contributed by atoms with Crippen LogP contribution in [0.2, 0.25) is 0 Å². The van der Waals surface area contributed by atoms with Gasteiger partial charge in [-0.25, -0.2) is 4.79 Å². The van der Waals surface area contributed by atoms with E-state index in [1.807, 2.05) is 12.1 Å². The smallest absolute Gasteiger partial charge is 0.336 e. The molecular weight excluding hydrogens is 388 g/mol. The molecule has 5 heteroatoms. The highest BCUT2D eigenvalue weighted by Gasteiger charge is 2.14. The molecule has 0 fully saturated rings. The minimum atomic E-state index is -0.991. The fourth-order valence-corrected chi connectivity index (χ4v) is 4.02. The van der Waals surface area contributed by atoms with E-state index < -0.39 is 5.97 Å². The van der Waals surface area contributed by atoms with Crippen LogP contribution in [0.25, 0.3) is 22.0 Å². The maximum Gasteiger partial charge on any atom is 0.336 e. The monoisotopic (exact) mass is 412 g/mol. The molecule has 4 aromatic rings. The van der Waals surface area contributed by atoms with Crippen LogP contribution in [-0.4, -0.2) is 28.5 Å². The number of hydrogen-bond donors (Lipinski definition) is 3. The number of carboxylic acid groups (broad SMARTS) is 1. The van der Waals surface area contributed by atoms with Gasteiger partial charge >= 0.3 is 5.97 Å². The molecule has 31 heavy (non-hydrogen) atoms. The fraction of sp³-hybridized carbons (Fsp3) is 0.154. The SMILES string of the molecule is Cc1[nH]c2c(C)cccc2c1CCNC(=O)c1cccc(-c2ccccc2C(=O)O)c1. The summed E-state index contributed by atoms with van der Waals surface area (Å²) in [6.45, 7) is 4.65. The molecule has 156 valence electrons. The second-order valence-electron chi connectivity index (χ2n) is 7.66. The lowest BCUT2D eigenvalue weighted by atomic mass is 9.98. The van der Waals surface area contributed by atoms with Crippen LogP contribution >= 0.6 is 0 Å². The van der Waals surface area contributed by atoms with E-state index in [-0.39, 0.29) is 11.5 Å². The van der Waals surface area contributed by atoms with Crippen molar-refractivity contribution < 1.29 is 14.7 Å². The van der Waals surface area contributed by atoms with Crippen molar-refractivity contribution in [2.24, 2.45) is 0 Å². The number of nitrogens with one attached hydrogen (secondary N) is 2. The Hall–Kier alpha value is -3.86. The van der Waals surface area contributed by atoms with Gasteiger partial charge in [-0.05, 0) is 60.7 Å². The fourth-order valence-electron chi connectivity index (χ4n) is 4.02. The van der Waals surface area contributed by atoms with E-state index in [2.05, 4.69) is 36.3 Å². The number of aromatic nitrogens is 1. The van der Waals surface area contributed by atoms with Gasteiger partial charge in [0.1, 0.15) is 0 Å². The van der Waals surface area contributed by atoms with E-state index in [4.69, 9.17) is 0 Å². The summed E-state index contributed by atoms with van der Waals surface area (Å²) in [6.07, 6.45) is 0.725. The Bertz CT molecular complexity index is 1290. The van der Waals surface area contributed by atoms with Crippen molar-refractivity contribution in [3.05, 3.63) is 94.7 Å². The molecule has 0 bridgehead atoms. The zero-order chi connectivity index (χ0) is 22.0. The summed E-state index contributed by atoms with van der Waals surface area (Å²) in [6, 6.07) is 20.1. The molecule has 0 aliphatic rings. The normalized spacial score (nSPS) is 10.9. The van der Waals surface area contributed by atoms with Gasteiger partial charge in [0.25, 0.3) is 5.91 Å². The van der Waals surface area contributed by atoms with Crippen LogP contribution in [0.15, 0.2) is 66.7 Å². The zero-order valence-corrected chi connectivity index (χ0v) is 17.5. The number of amides is 1. The highest BCUT2D eigenvalue weighted by molar-refractivity contribution is 5.99. The van der Waals surface area contributed by atoms with Gasteiger partial charge in [0, 0.05) is 28.7 Å². The van der Waals surface area contributed by atoms with E-state index >= 15 is 0 Å². The van der Waals surface area contributed by atoms with Crippen LogP contribution in [0.5, 0.6) is 0 Å². The average Bonchev–Trinajstić information content (AvgIpc) is 3.10. The molecule has 0 aliphatic heterocycles. The van der Waals surface area contributed by atoms with E-state index in [9.17, 15) is 14.7 Å². The third-order valence-electron chi connectivity index (χ3n) is 5.62. The van der Waals surface area contributed by atoms with Gasteiger partial charge in [0.15, 0.2) is 0 Å². The molecule has 0 atom stereocenters. The van der Waals surface area contributed by atoms with Crippen molar-refractivity contribution in [3.63, 3.8) is 0 Å². The number of benzene rings is 3. The number of aromatic amines is 1. The van der Waals surface area contributed by atoms with Crippen molar-refractivity contribution in [2.45, 2.75) is 20.3 Å². The third kappa shape index (κ3) is 4.08. The number of aryl methyl sites for hydroxylation is 2. The number of hydrogen-bond acceptors (Lipinski definition) is 2. The second-order valence-corrected chi connectivity index (χ2v) is 7.66. The van der Waals surface area contributed by atoms with Gasteiger partial charge in [0.05, 0.1) is 5.56 Å². The Morgan fingerprint density at radius 3 is 2.55 bits per heavy atom. The largest absolute Gasteiger partial charge is 0.478 e. The summed E-state index contributed by atoms with van der Waals surface area (Å²) in [4.78, 5) is 27.7. The van der Waals surface area contributed by atoms with E-state index in [0.29, 0.717) is 23.2 Å². The standard InChI is InChI=1S/C26H24N2O3/c1-16-7-5-12-22-20(17(2)28-24(16)22)13-14-27-25(29)19-9-6-8-18(15-19)21-10-3-4-11-23(21)26(30)31/h3-12,15,28H,13-14H2,1-2H3,(H,27,29)(H,30,31).